The second kappa shape index (κ2) is 7.40. The Kier molecular flexibility index (Phi) is 6.17. The Morgan fingerprint density at radius 3 is 2.72 bits per heavy atom. The van der Waals surface area contributed by atoms with E-state index >= 15 is 0 Å². The summed E-state index contributed by atoms with van der Waals surface area (Å²) < 4.78 is 6.53. The summed E-state index contributed by atoms with van der Waals surface area (Å²) in [6.07, 6.45) is -0.428. The Balaban J connectivity index is 2.66. The lowest BCUT2D eigenvalue weighted by Gasteiger charge is -2.12. The van der Waals surface area contributed by atoms with Crippen LogP contribution in [0.1, 0.15) is 26.3 Å². The quantitative estimate of drug-likeness (QED) is 0.875. The first kappa shape index (κ1) is 15.0. The molecule has 1 atom stereocenters. The summed E-state index contributed by atoms with van der Waals surface area (Å²) in [5, 5.41) is 12.1. The minimum atomic E-state index is -0.428. The van der Waals surface area contributed by atoms with Crippen LogP contribution in [0.15, 0.2) is 22.7 Å². The molecule has 1 rings (SSSR count). The molecule has 1 aromatic rings. The van der Waals surface area contributed by atoms with Crippen molar-refractivity contribution >= 4 is 15.9 Å². The molecule has 1 aromatic carbocycles. The maximum atomic E-state index is 8.73. The summed E-state index contributed by atoms with van der Waals surface area (Å²) in [7, 11) is 0. The fraction of sp³-hybridized carbons (Fsp3) is 0.500. The highest BCUT2D eigenvalue weighted by Crippen LogP contribution is 2.23. The average molecular weight is 311 g/mol. The van der Waals surface area contributed by atoms with Crippen LogP contribution in [0.3, 0.4) is 0 Å². The largest absolute Gasteiger partial charge is 0.476 e. The molecule has 1 unspecified atom stereocenters. The Bertz CT molecular complexity index is 426. The molecule has 1 N–H and O–H groups in total. The average Bonchev–Trinajstić information content (AvgIpc) is 2.32. The van der Waals surface area contributed by atoms with Crippen molar-refractivity contribution < 1.29 is 4.74 Å². The summed E-state index contributed by atoms with van der Waals surface area (Å²) in [5.41, 5.74) is 1.14. The lowest BCUT2D eigenvalue weighted by molar-refractivity contribution is 0.276. The van der Waals surface area contributed by atoms with E-state index in [0.29, 0.717) is 5.92 Å². The van der Waals surface area contributed by atoms with E-state index in [1.807, 2.05) is 18.2 Å². The van der Waals surface area contributed by atoms with Crippen molar-refractivity contribution in [3.63, 3.8) is 0 Å². The van der Waals surface area contributed by atoms with Crippen molar-refractivity contribution in [1.82, 2.24) is 5.32 Å². The van der Waals surface area contributed by atoms with Gasteiger partial charge in [-0.2, -0.15) is 5.26 Å². The third-order valence-electron chi connectivity index (χ3n) is 2.38. The molecule has 4 heteroatoms. The first-order valence-corrected chi connectivity index (χ1v) is 6.87. The number of nitrogens with zero attached hydrogens (tertiary/aromatic N) is 1. The van der Waals surface area contributed by atoms with Crippen LogP contribution in [0.2, 0.25) is 0 Å². The van der Waals surface area contributed by atoms with Crippen LogP contribution < -0.4 is 10.1 Å². The van der Waals surface area contributed by atoms with Gasteiger partial charge in [0.15, 0.2) is 6.10 Å². The lowest BCUT2D eigenvalue weighted by Crippen LogP contribution is -2.19. The molecule has 0 radical (unpaired) electrons. The maximum absolute atomic E-state index is 8.73. The number of halogens is 1. The predicted molar refractivity (Wildman–Crippen MR) is 76.4 cm³/mol. The molecule has 0 amide bonds. The molecular formula is C14H19BrN2O. The van der Waals surface area contributed by atoms with Crippen LogP contribution in [-0.4, -0.2) is 12.6 Å². The van der Waals surface area contributed by atoms with Crippen molar-refractivity contribution in [1.29, 1.82) is 5.26 Å². The molecule has 0 saturated heterocycles. The second-order valence-electron chi connectivity index (χ2n) is 4.67. The van der Waals surface area contributed by atoms with Gasteiger partial charge in [-0.15, -0.1) is 0 Å². The highest BCUT2D eigenvalue weighted by molar-refractivity contribution is 9.10. The summed E-state index contributed by atoms with van der Waals surface area (Å²) in [6, 6.07) is 7.83. The van der Waals surface area contributed by atoms with E-state index in [9.17, 15) is 0 Å². The van der Waals surface area contributed by atoms with Crippen molar-refractivity contribution in [2.45, 2.75) is 33.4 Å². The van der Waals surface area contributed by atoms with Gasteiger partial charge >= 0.3 is 0 Å². The van der Waals surface area contributed by atoms with Gasteiger partial charge in [0.2, 0.25) is 0 Å². The zero-order chi connectivity index (χ0) is 13.5. The van der Waals surface area contributed by atoms with Crippen molar-refractivity contribution in [3.8, 4) is 11.8 Å². The summed E-state index contributed by atoms with van der Waals surface area (Å²) in [4.78, 5) is 0. The molecule has 0 fully saturated rings. The highest BCUT2D eigenvalue weighted by Gasteiger charge is 2.06. The van der Waals surface area contributed by atoms with Crippen molar-refractivity contribution in [3.05, 3.63) is 28.2 Å². The summed E-state index contributed by atoms with van der Waals surface area (Å²) in [5.74, 6) is 1.36. The molecule has 0 aliphatic carbocycles. The smallest absolute Gasteiger partial charge is 0.181 e. The van der Waals surface area contributed by atoms with Crippen LogP contribution in [-0.2, 0) is 6.54 Å². The normalized spacial score (nSPS) is 12.2. The fourth-order valence-corrected chi connectivity index (χ4v) is 1.87. The number of rotatable bonds is 6. The topological polar surface area (TPSA) is 45.0 Å². The van der Waals surface area contributed by atoms with Crippen molar-refractivity contribution in [2.75, 3.05) is 6.54 Å². The molecular weight excluding hydrogens is 292 g/mol. The van der Waals surface area contributed by atoms with Gasteiger partial charge in [-0.3, -0.25) is 0 Å². The number of nitrogens with one attached hydrogen (secondary N) is 1. The first-order valence-electron chi connectivity index (χ1n) is 6.08. The van der Waals surface area contributed by atoms with E-state index in [2.05, 4.69) is 41.2 Å². The third kappa shape index (κ3) is 5.07. The van der Waals surface area contributed by atoms with E-state index in [1.165, 1.54) is 0 Å². The Morgan fingerprint density at radius 2 is 2.11 bits per heavy atom. The van der Waals surface area contributed by atoms with Crippen LogP contribution in [0, 0.1) is 17.2 Å². The van der Waals surface area contributed by atoms with Gasteiger partial charge in [-0.25, -0.2) is 0 Å². The minimum absolute atomic E-state index is 0.428. The molecule has 98 valence electrons. The Hall–Kier alpha value is -1.05. The van der Waals surface area contributed by atoms with E-state index in [0.717, 1.165) is 28.9 Å². The monoisotopic (exact) mass is 310 g/mol. The van der Waals surface area contributed by atoms with Gasteiger partial charge < -0.3 is 10.1 Å². The molecule has 0 heterocycles. The molecule has 3 nitrogen and oxygen atoms in total. The summed E-state index contributed by atoms with van der Waals surface area (Å²) >= 11 is 3.52. The predicted octanol–water partition coefficient (Wildman–Crippen LogP) is 3.49. The fourth-order valence-electron chi connectivity index (χ4n) is 1.49. The number of benzene rings is 1. The standard InChI is InChI=1S/C14H19BrN2O/c1-10(2)8-17-9-12-6-13(4-5-14(12)15)18-11(3)7-16/h4-6,10-11,17H,8-9H2,1-3H3. The second-order valence-corrected chi connectivity index (χ2v) is 5.52. The van der Waals surface area contributed by atoms with Gasteiger partial charge in [0, 0.05) is 11.0 Å². The first-order chi connectivity index (χ1) is 8.52. The van der Waals surface area contributed by atoms with Crippen LogP contribution in [0.5, 0.6) is 5.75 Å². The van der Waals surface area contributed by atoms with Crippen LogP contribution in [0.25, 0.3) is 0 Å². The van der Waals surface area contributed by atoms with Crippen LogP contribution >= 0.6 is 15.9 Å². The van der Waals surface area contributed by atoms with E-state index in [4.69, 9.17) is 10.00 Å². The molecule has 0 aromatic heterocycles. The Labute approximate surface area is 117 Å². The molecule has 0 bridgehead atoms. The highest BCUT2D eigenvalue weighted by atomic mass is 79.9. The zero-order valence-corrected chi connectivity index (χ0v) is 12.6. The van der Waals surface area contributed by atoms with Crippen molar-refractivity contribution in [2.24, 2.45) is 5.92 Å². The van der Waals surface area contributed by atoms with E-state index < -0.39 is 6.10 Å². The number of nitriles is 1. The minimum Gasteiger partial charge on any atom is -0.476 e. The van der Waals surface area contributed by atoms with Gasteiger partial charge in [-0.1, -0.05) is 29.8 Å². The van der Waals surface area contributed by atoms with Gasteiger partial charge in [0.1, 0.15) is 11.8 Å². The van der Waals surface area contributed by atoms with Crippen LogP contribution in [0.4, 0.5) is 0 Å². The SMILES string of the molecule is CC(C)CNCc1cc(OC(C)C#N)ccc1Br. The molecule has 0 spiro atoms. The maximum Gasteiger partial charge on any atom is 0.181 e. The number of hydrogen-bond acceptors (Lipinski definition) is 3. The third-order valence-corrected chi connectivity index (χ3v) is 3.15. The van der Waals surface area contributed by atoms with E-state index in [-0.39, 0.29) is 0 Å². The van der Waals surface area contributed by atoms with Gasteiger partial charge in [0.05, 0.1) is 0 Å². The molecule has 18 heavy (non-hydrogen) atoms. The Morgan fingerprint density at radius 1 is 1.39 bits per heavy atom. The summed E-state index contributed by atoms with van der Waals surface area (Å²) in [6.45, 7) is 7.86. The lowest BCUT2D eigenvalue weighted by atomic mass is 10.2. The zero-order valence-electron chi connectivity index (χ0n) is 11.0. The molecule has 0 aliphatic rings. The van der Waals surface area contributed by atoms with E-state index in [1.54, 1.807) is 6.92 Å². The molecule has 0 aliphatic heterocycles. The van der Waals surface area contributed by atoms with Gasteiger partial charge in [0.25, 0.3) is 0 Å². The molecule has 0 saturated carbocycles. The number of ether oxygens (including phenoxy) is 1. The van der Waals surface area contributed by atoms with Gasteiger partial charge in [-0.05, 0) is 43.1 Å². The number of hydrogen-bond donors (Lipinski definition) is 1.